The van der Waals surface area contributed by atoms with E-state index in [2.05, 4.69) is 26.1 Å². The van der Waals surface area contributed by atoms with Crippen molar-refractivity contribution >= 4 is 23.2 Å². The number of amides is 1. The molecule has 1 amide bonds. The summed E-state index contributed by atoms with van der Waals surface area (Å²) in [6.45, 7) is 6.26. The minimum Gasteiger partial charge on any atom is -0.325 e. The molecule has 0 aliphatic rings. The second kappa shape index (κ2) is 5.88. The van der Waals surface area contributed by atoms with E-state index in [4.69, 9.17) is 16.9 Å². The molecule has 4 heteroatoms. The number of carbonyl (C=O) groups is 1. The molecule has 0 unspecified atom stereocenters. The van der Waals surface area contributed by atoms with Gasteiger partial charge in [-0.1, -0.05) is 32.4 Å². The van der Waals surface area contributed by atoms with Gasteiger partial charge in [-0.2, -0.15) is 5.26 Å². The van der Waals surface area contributed by atoms with Crippen LogP contribution in [0.4, 0.5) is 5.69 Å². The molecule has 1 aromatic rings. The van der Waals surface area contributed by atoms with E-state index in [9.17, 15) is 4.79 Å². The van der Waals surface area contributed by atoms with Crippen molar-refractivity contribution in [1.82, 2.24) is 0 Å². The fourth-order valence-electron chi connectivity index (χ4n) is 1.39. The fraction of sp³-hybridized carbons (Fsp3) is 0.429. The van der Waals surface area contributed by atoms with Gasteiger partial charge in [-0.05, 0) is 30.0 Å². The normalized spacial score (nSPS) is 10.8. The van der Waals surface area contributed by atoms with Crippen LogP contribution in [-0.4, -0.2) is 5.91 Å². The van der Waals surface area contributed by atoms with Crippen LogP contribution >= 0.6 is 11.6 Å². The second-order valence-corrected chi connectivity index (χ2v) is 5.82. The topological polar surface area (TPSA) is 52.9 Å². The lowest BCUT2D eigenvalue weighted by Gasteiger charge is -2.17. The Morgan fingerprint density at radius 3 is 2.67 bits per heavy atom. The third-order valence-corrected chi connectivity index (χ3v) is 2.80. The summed E-state index contributed by atoms with van der Waals surface area (Å²) in [5.74, 6) is -0.0816. The fourth-order valence-corrected chi connectivity index (χ4v) is 1.56. The number of benzene rings is 1. The number of rotatable bonds is 3. The Morgan fingerprint density at radius 1 is 1.44 bits per heavy atom. The standard InChI is InChI=1S/C14H17ClN2O/c1-14(2,3)7-6-13(18)17-12-8-10(9-16)4-5-11(12)15/h4-5,8H,6-7H2,1-3H3,(H,17,18). The van der Waals surface area contributed by atoms with E-state index in [1.807, 2.05) is 6.07 Å². The molecule has 0 fully saturated rings. The molecule has 0 radical (unpaired) electrons. The average molecular weight is 265 g/mol. The van der Waals surface area contributed by atoms with E-state index in [0.29, 0.717) is 22.7 Å². The van der Waals surface area contributed by atoms with Gasteiger partial charge in [0.05, 0.1) is 22.3 Å². The Hall–Kier alpha value is -1.53. The van der Waals surface area contributed by atoms with Crippen LogP contribution < -0.4 is 5.32 Å². The largest absolute Gasteiger partial charge is 0.325 e. The number of hydrogen-bond acceptors (Lipinski definition) is 2. The van der Waals surface area contributed by atoms with E-state index in [-0.39, 0.29) is 11.3 Å². The summed E-state index contributed by atoms with van der Waals surface area (Å²) in [5, 5.41) is 12.0. The molecule has 1 rings (SSSR count). The summed E-state index contributed by atoms with van der Waals surface area (Å²) in [6, 6.07) is 6.82. The zero-order valence-electron chi connectivity index (χ0n) is 10.9. The molecule has 0 spiro atoms. The van der Waals surface area contributed by atoms with Crippen molar-refractivity contribution in [2.45, 2.75) is 33.6 Å². The lowest BCUT2D eigenvalue weighted by molar-refractivity contribution is -0.116. The molecular formula is C14H17ClN2O. The number of nitrogens with zero attached hydrogens (tertiary/aromatic N) is 1. The molecule has 0 heterocycles. The van der Waals surface area contributed by atoms with Gasteiger partial charge < -0.3 is 5.32 Å². The highest BCUT2D eigenvalue weighted by Crippen LogP contribution is 2.24. The summed E-state index contributed by atoms with van der Waals surface area (Å²) in [5.41, 5.74) is 1.09. The monoisotopic (exact) mass is 264 g/mol. The molecule has 0 bridgehead atoms. The average Bonchev–Trinajstić information content (AvgIpc) is 2.28. The Morgan fingerprint density at radius 2 is 2.11 bits per heavy atom. The molecule has 0 aliphatic heterocycles. The molecule has 0 saturated heterocycles. The molecule has 96 valence electrons. The lowest BCUT2D eigenvalue weighted by atomic mass is 9.90. The number of nitrogens with one attached hydrogen (secondary N) is 1. The molecule has 0 aliphatic carbocycles. The molecule has 1 N–H and O–H groups in total. The Bertz CT molecular complexity index is 484. The maximum atomic E-state index is 11.8. The van der Waals surface area contributed by atoms with E-state index >= 15 is 0 Å². The molecule has 18 heavy (non-hydrogen) atoms. The SMILES string of the molecule is CC(C)(C)CCC(=O)Nc1cc(C#N)ccc1Cl. The van der Waals surface area contributed by atoms with Gasteiger partial charge in [0.15, 0.2) is 0 Å². The van der Waals surface area contributed by atoms with Crippen molar-refractivity contribution in [1.29, 1.82) is 5.26 Å². The predicted octanol–water partition coefficient (Wildman–Crippen LogP) is 3.98. The molecular weight excluding hydrogens is 248 g/mol. The van der Waals surface area contributed by atoms with E-state index < -0.39 is 0 Å². The van der Waals surface area contributed by atoms with Crippen molar-refractivity contribution < 1.29 is 4.79 Å². The van der Waals surface area contributed by atoms with Crippen LogP contribution in [-0.2, 0) is 4.79 Å². The number of anilines is 1. The zero-order chi connectivity index (χ0) is 13.8. The van der Waals surface area contributed by atoms with Gasteiger partial charge in [-0.25, -0.2) is 0 Å². The van der Waals surface area contributed by atoms with E-state index in [0.717, 1.165) is 6.42 Å². The van der Waals surface area contributed by atoms with Gasteiger partial charge in [-0.3, -0.25) is 4.79 Å². The second-order valence-electron chi connectivity index (χ2n) is 5.42. The van der Waals surface area contributed by atoms with Crippen molar-refractivity contribution in [2.75, 3.05) is 5.32 Å². The minimum atomic E-state index is -0.0816. The number of nitriles is 1. The smallest absolute Gasteiger partial charge is 0.224 e. The summed E-state index contributed by atoms with van der Waals surface area (Å²) in [7, 11) is 0. The lowest BCUT2D eigenvalue weighted by Crippen LogP contribution is -2.15. The van der Waals surface area contributed by atoms with Crippen molar-refractivity contribution in [3.8, 4) is 6.07 Å². The van der Waals surface area contributed by atoms with Crippen molar-refractivity contribution in [3.05, 3.63) is 28.8 Å². The Balaban J connectivity index is 2.68. The van der Waals surface area contributed by atoms with Crippen LogP contribution in [0.3, 0.4) is 0 Å². The molecule has 1 aromatic carbocycles. The van der Waals surface area contributed by atoms with E-state index in [1.165, 1.54) is 0 Å². The van der Waals surface area contributed by atoms with Crippen LogP contribution in [0.2, 0.25) is 5.02 Å². The number of carbonyl (C=O) groups excluding carboxylic acids is 1. The highest BCUT2D eigenvalue weighted by atomic mass is 35.5. The van der Waals surface area contributed by atoms with Crippen LogP contribution in [0.25, 0.3) is 0 Å². The zero-order valence-corrected chi connectivity index (χ0v) is 11.6. The first-order valence-corrected chi connectivity index (χ1v) is 6.19. The molecule has 3 nitrogen and oxygen atoms in total. The maximum absolute atomic E-state index is 11.8. The third-order valence-electron chi connectivity index (χ3n) is 2.47. The summed E-state index contributed by atoms with van der Waals surface area (Å²) >= 11 is 5.96. The van der Waals surface area contributed by atoms with Crippen LogP contribution in [0.15, 0.2) is 18.2 Å². The summed E-state index contributed by atoms with van der Waals surface area (Å²) < 4.78 is 0. The van der Waals surface area contributed by atoms with Gasteiger partial charge in [0, 0.05) is 6.42 Å². The number of hydrogen-bond donors (Lipinski definition) is 1. The van der Waals surface area contributed by atoms with Crippen molar-refractivity contribution in [3.63, 3.8) is 0 Å². The first kappa shape index (κ1) is 14.5. The van der Waals surface area contributed by atoms with Crippen LogP contribution in [0.1, 0.15) is 39.2 Å². The quantitative estimate of drug-likeness (QED) is 0.898. The first-order valence-electron chi connectivity index (χ1n) is 5.81. The Labute approximate surface area is 113 Å². The van der Waals surface area contributed by atoms with E-state index in [1.54, 1.807) is 18.2 Å². The molecule has 0 atom stereocenters. The minimum absolute atomic E-state index is 0.0816. The summed E-state index contributed by atoms with van der Waals surface area (Å²) in [6.07, 6.45) is 1.24. The highest BCUT2D eigenvalue weighted by molar-refractivity contribution is 6.33. The van der Waals surface area contributed by atoms with Gasteiger partial charge in [0.25, 0.3) is 0 Å². The van der Waals surface area contributed by atoms with Crippen LogP contribution in [0.5, 0.6) is 0 Å². The van der Waals surface area contributed by atoms with Crippen molar-refractivity contribution in [2.24, 2.45) is 5.41 Å². The predicted molar refractivity (Wildman–Crippen MR) is 73.5 cm³/mol. The van der Waals surface area contributed by atoms with Gasteiger partial charge in [-0.15, -0.1) is 0 Å². The van der Waals surface area contributed by atoms with Gasteiger partial charge in [0.1, 0.15) is 0 Å². The maximum Gasteiger partial charge on any atom is 0.224 e. The van der Waals surface area contributed by atoms with Gasteiger partial charge >= 0.3 is 0 Å². The first-order chi connectivity index (χ1) is 8.31. The third kappa shape index (κ3) is 4.77. The van der Waals surface area contributed by atoms with Crippen LogP contribution in [0, 0.1) is 16.7 Å². The van der Waals surface area contributed by atoms with Gasteiger partial charge in [0.2, 0.25) is 5.91 Å². The molecule has 0 saturated carbocycles. The molecule has 0 aromatic heterocycles. The summed E-state index contributed by atoms with van der Waals surface area (Å²) in [4.78, 5) is 11.8. The number of halogens is 1. The highest BCUT2D eigenvalue weighted by Gasteiger charge is 2.13. The Kier molecular flexibility index (Phi) is 4.75.